The van der Waals surface area contributed by atoms with Crippen LogP contribution in [-0.4, -0.2) is 46.9 Å². The van der Waals surface area contributed by atoms with E-state index in [0.29, 0.717) is 11.3 Å². The van der Waals surface area contributed by atoms with Crippen molar-refractivity contribution in [2.45, 2.75) is 79.0 Å². The number of ether oxygens (including phenoxy) is 1. The zero-order chi connectivity index (χ0) is 28.6. The molecule has 4 amide bonds. The number of benzene rings is 2. The first-order valence-electron chi connectivity index (χ1n) is 12.8. The molecule has 0 saturated heterocycles. The second kappa shape index (κ2) is 13.1. The topological polar surface area (TPSA) is 131 Å². The Kier molecular flexibility index (Phi) is 10.4. The first-order chi connectivity index (χ1) is 17.7. The highest BCUT2D eigenvalue weighted by molar-refractivity contribution is 5.99. The highest BCUT2D eigenvalue weighted by Gasteiger charge is 2.36. The Hall–Kier alpha value is -3.88. The molecule has 0 bridgehead atoms. The number of amides is 4. The molecule has 2 aromatic rings. The average Bonchev–Trinajstić information content (AvgIpc) is 2.81. The number of hydrogen-bond donors (Lipinski definition) is 3. The summed E-state index contributed by atoms with van der Waals surface area (Å²) in [5.74, 6) is -1.53. The Morgan fingerprint density at radius 2 is 1.66 bits per heavy atom. The van der Waals surface area contributed by atoms with Crippen molar-refractivity contribution in [3.8, 4) is 0 Å². The van der Waals surface area contributed by atoms with Crippen molar-refractivity contribution in [1.82, 2.24) is 10.2 Å². The summed E-state index contributed by atoms with van der Waals surface area (Å²) in [5, 5.41) is 5.55. The van der Waals surface area contributed by atoms with E-state index >= 15 is 0 Å². The summed E-state index contributed by atoms with van der Waals surface area (Å²) in [6.07, 6.45) is -0.972. The maximum atomic E-state index is 13.9. The molecule has 0 spiro atoms. The van der Waals surface area contributed by atoms with Gasteiger partial charge in [-0.2, -0.15) is 0 Å². The molecule has 0 aliphatic carbocycles. The molecule has 38 heavy (non-hydrogen) atoms. The van der Waals surface area contributed by atoms with Crippen LogP contribution in [0.25, 0.3) is 0 Å². The SMILES string of the molecule is CCN(C(=O)C(CCC(N)=O)NC(=O)OC(C)(C)C)C(C(=O)Nc1ccccc1C)c1cc(C)ccc1C. The lowest BCUT2D eigenvalue weighted by Gasteiger charge is -2.34. The number of hydrogen-bond acceptors (Lipinski definition) is 5. The van der Waals surface area contributed by atoms with Crippen LogP contribution in [-0.2, 0) is 19.1 Å². The Morgan fingerprint density at radius 3 is 2.24 bits per heavy atom. The van der Waals surface area contributed by atoms with Gasteiger partial charge in [0.25, 0.3) is 5.91 Å². The molecular formula is C29H40N4O5. The third-order valence-corrected chi connectivity index (χ3v) is 5.98. The highest BCUT2D eigenvalue weighted by Crippen LogP contribution is 2.28. The molecule has 0 aliphatic heterocycles. The van der Waals surface area contributed by atoms with Crippen LogP contribution in [0.15, 0.2) is 42.5 Å². The van der Waals surface area contributed by atoms with Crippen LogP contribution < -0.4 is 16.4 Å². The highest BCUT2D eigenvalue weighted by atomic mass is 16.6. The van der Waals surface area contributed by atoms with Crippen molar-refractivity contribution >= 4 is 29.5 Å². The number of primary amides is 1. The number of aryl methyl sites for hydroxylation is 3. The van der Waals surface area contributed by atoms with E-state index < -0.39 is 41.5 Å². The van der Waals surface area contributed by atoms with Crippen LogP contribution in [0.2, 0.25) is 0 Å². The van der Waals surface area contributed by atoms with Crippen molar-refractivity contribution in [2.75, 3.05) is 11.9 Å². The molecular weight excluding hydrogens is 484 g/mol. The Bertz CT molecular complexity index is 1170. The molecule has 0 radical (unpaired) electrons. The Morgan fingerprint density at radius 1 is 1.00 bits per heavy atom. The van der Waals surface area contributed by atoms with Crippen molar-refractivity contribution < 1.29 is 23.9 Å². The van der Waals surface area contributed by atoms with E-state index in [1.807, 2.05) is 57.2 Å². The predicted octanol–water partition coefficient (Wildman–Crippen LogP) is 4.30. The molecule has 0 aromatic heterocycles. The minimum Gasteiger partial charge on any atom is -0.444 e. The fraction of sp³-hybridized carbons (Fsp3) is 0.448. The summed E-state index contributed by atoms with van der Waals surface area (Å²) < 4.78 is 5.34. The summed E-state index contributed by atoms with van der Waals surface area (Å²) in [5.41, 5.74) is 8.49. The minimum absolute atomic E-state index is 0.0388. The lowest BCUT2D eigenvalue weighted by molar-refractivity contribution is -0.140. The maximum Gasteiger partial charge on any atom is 0.408 e. The number of nitrogens with two attached hydrogens (primary N) is 1. The van der Waals surface area contributed by atoms with Crippen LogP contribution in [0.5, 0.6) is 0 Å². The number of anilines is 1. The van der Waals surface area contributed by atoms with Crippen molar-refractivity contribution in [3.63, 3.8) is 0 Å². The van der Waals surface area contributed by atoms with Gasteiger partial charge in [0.1, 0.15) is 17.7 Å². The van der Waals surface area contributed by atoms with Gasteiger partial charge >= 0.3 is 6.09 Å². The van der Waals surface area contributed by atoms with E-state index in [1.165, 1.54) is 4.90 Å². The molecule has 9 heteroatoms. The van der Waals surface area contributed by atoms with Crippen molar-refractivity contribution in [2.24, 2.45) is 5.73 Å². The van der Waals surface area contributed by atoms with Gasteiger partial charge in [0.05, 0.1) is 0 Å². The lowest BCUT2D eigenvalue weighted by Crippen LogP contribution is -2.52. The van der Waals surface area contributed by atoms with Gasteiger partial charge in [0.15, 0.2) is 0 Å². The molecule has 206 valence electrons. The molecule has 2 unspecified atom stereocenters. The summed E-state index contributed by atoms with van der Waals surface area (Å²) in [6, 6.07) is 11.0. The third-order valence-electron chi connectivity index (χ3n) is 5.98. The quantitative estimate of drug-likeness (QED) is 0.427. The van der Waals surface area contributed by atoms with Crippen LogP contribution in [0.3, 0.4) is 0 Å². The van der Waals surface area contributed by atoms with Crippen LogP contribution >= 0.6 is 0 Å². The number of carbonyl (C=O) groups excluding carboxylic acids is 4. The van der Waals surface area contributed by atoms with Gasteiger partial charge in [-0.1, -0.05) is 42.0 Å². The zero-order valence-electron chi connectivity index (χ0n) is 23.4. The lowest BCUT2D eigenvalue weighted by atomic mass is 9.95. The number of nitrogens with one attached hydrogen (secondary N) is 2. The molecule has 0 aliphatic rings. The second-order valence-corrected chi connectivity index (χ2v) is 10.4. The summed E-state index contributed by atoms with van der Waals surface area (Å²) in [4.78, 5) is 53.3. The predicted molar refractivity (Wildman–Crippen MR) is 147 cm³/mol. The monoisotopic (exact) mass is 524 g/mol. The number of para-hydroxylation sites is 1. The van der Waals surface area contributed by atoms with E-state index in [2.05, 4.69) is 10.6 Å². The zero-order valence-corrected chi connectivity index (χ0v) is 23.4. The molecule has 0 fully saturated rings. The van der Waals surface area contributed by atoms with E-state index in [0.717, 1.165) is 16.7 Å². The third kappa shape index (κ3) is 8.61. The normalized spacial score (nSPS) is 12.7. The van der Waals surface area contributed by atoms with Gasteiger partial charge in [-0.05, 0) is 77.6 Å². The van der Waals surface area contributed by atoms with Gasteiger partial charge in [-0.15, -0.1) is 0 Å². The van der Waals surface area contributed by atoms with Crippen LogP contribution in [0, 0.1) is 20.8 Å². The van der Waals surface area contributed by atoms with Crippen molar-refractivity contribution in [1.29, 1.82) is 0 Å². The van der Waals surface area contributed by atoms with E-state index in [-0.39, 0.29) is 19.4 Å². The number of alkyl carbamates (subject to hydrolysis) is 1. The standard InChI is InChI=1S/C29H40N4O5/c1-8-33(27(36)23(15-16-24(30)34)32-28(37)38-29(5,6)7)25(21-17-18(2)13-14-19(21)3)26(35)31-22-12-10-9-11-20(22)4/h9-14,17,23,25H,8,15-16H2,1-7H3,(H2,30,34)(H,31,35)(H,32,37). The van der Waals surface area contributed by atoms with Crippen LogP contribution in [0.4, 0.5) is 10.5 Å². The van der Waals surface area contributed by atoms with Gasteiger partial charge in [0.2, 0.25) is 11.8 Å². The molecule has 2 rings (SSSR count). The Balaban J connectivity index is 2.52. The fourth-order valence-electron chi connectivity index (χ4n) is 4.08. The minimum atomic E-state index is -1.13. The largest absolute Gasteiger partial charge is 0.444 e. The average molecular weight is 525 g/mol. The van der Waals surface area contributed by atoms with E-state index in [1.54, 1.807) is 33.8 Å². The van der Waals surface area contributed by atoms with Gasteiger partial charge < -0.3 is 26.0 Å². The number of carbonyl (C=O) groups is 4. The molecule has 0 heterocycles. The molecule has 4 N–H and O–H groups in total. The molecule has 9 nitrogen and oxygen atoms in total. The molecule has 2 atom stereocenters. The first kappa shape index (κ1) is 30.3. The maximum absolute atomic E-state index is 13.9. The number of likely N-dealkylation sites (N-methyl/N-ethyl adjacent to an activating group) is 1. The van der Waals surface area contributed by atoms with Gasteiger partial charge in [-0.25, -0.2) is 4.79 Å². The fourth-order valence-corrected chi connectivity index (χ4v) is 4.08. The Labute approximate surface area is 225 Å². The summed E-state index contributed by atoms with van der Waals surface area (Å²) >= 11 is 0. The second-order valence-electron chi connectivity index (χ2n) is 10.4. The van der Waals surface area contributed by atoms with Gasteiger partial charge in [-0.3, -0.25) is 14.4 Å². The molecule has 2 aromatic carbocycles. The van der Waals surface area contributed by atoms with E-state index in [9.17, 15) is 19.2 Å². The molecule has 0 saturated carbocycles. The summed E-state index contributed by atoms with van der Waals surface area (Å²) in [7, 11) is 0. The number of nitrogens with zero attached hydrogens (tertiary/aromatic N) is 1. The summed E-state index contributed by atoms with van der Waals surface area (Å²) in [6.45, 7) is 12.7. The first-order valence-corrected chi connectivity index (χ1v) is 12.8. The smallest absolute Gasteiger partial charge is 0.408 e. The van der Waals surface area contributed by atoms with Gasteiger partial charge in [0, 0.05) is 18.7 Å². The van der Waals surface area contributed by atoms with Crippen molar-refractivity contribution in [3.05, 3.63) is 64.7 Å². The van der Waals surface area contributed by atoms with E-state index in [4.69, 9.17) is 10.5 Å². The number of rotatable bonds is 10. The van der Waals surface area contributed by atoms with Crippen LogP contribution in [0.1, 0.15) is 68.8 Å².